The van der Waals surface area contributed by atoms with Gasteiger partial charge in [0.1, 0.15) is 23.0 Å². The maximum Gasteiger partial charge on any atom is 0.119 e. The molecule has 0 amide bonds. The van der Waals surface area contributed by atoms with Gasteiger partial charge in [-0.2, -0.15) is 0 Å². The average Bonchev–Trinajstić information content (AvgIpc) is 3.46. The van der Waals surface area contributed by atoms with Crippen molar-refractivity contribution >= 4 is 109 Å². The summed E-state index contributed by atoms with van der Waals surface area (Å²) in [5.41, 5.74) is 13.9. The van der Waals surface area contributed by atoms with Gasteiger partial charge in [-0.25, -0.2) is 20.0 Å². The molecule has 464 valence electrons. The van der Waals surface area contributed by atoms with Gasteiger partial charge in [-0.1, -0.05) is 215 Å². The van der Waals surface area contributed by atoms with E-state index in [9.17, 15) is 0 Å². The molecule has 8 nitrogen and oxygen atoms in total. The first-order valence-corrected chi connectivity index (χ1v) is 37.2. The van der Waals surface area contributed by atoms with Crippen LogP contribution in [0.5, 0.6) is 23.0 Å². The highest BCUT2D eigenvalue weighted by molar-refractivity contribution is 9.09. The molecule has 0 saturated carbocycles. The quantitative estimate of drug-likeness (QED) is 0.0328. The number of rotatable bonds is 40. The number of nitrogens with zero attached hydrogens (tertiary/aromatic N) is 4. The van der Waals surface area contributed by atoms with Crippen LogP contribution in [0.4, 0.5) is 0 Å². The fourth-order valence-electron chi connectivity index (χ4n) is 11.6. The number of ether oxygens (including phenoxy) is 4. The molecular formula is C76H88Br4N4O4. The number of benzene rings is 4. The van der Waals surface area contributed by atoms with Crippen LogP contribution in [0, 0.1) is 0 Å². The molecule has 12 heteroatoms. The Labute approximate surface area is 559 Å². The molecule has 4 aromatic carbocycles. The monoisotopic (exact) mass is 1440 g/mol. The zero-order valence-electron chi connectivity index (χ0n) is 51.4. The highest BCUT2D eigenvalue weighted by Gasteiger charge is 2.28. The summed E-state index contributed by atoms with van der Waals surface area (Å²) in [5, 5.41) is 4.28. The second-order valence-electron chi connectivity index (χ2n) is 23.1. The van der Waals surface area contributed by atoms with Crippen molar-refractivity contribution in [2.24, 2.45) is 20.0 Å². The third-order valence-corrected chi connectivity index (χ3v) is 18.5. The molecule has 8 bridgehead atoms. The number of unbranched alkanes of at least 4 members (excludes halogenated alkanes) is 20. The molecule has 0 atom stereocenters. The van der Waals surface area contributed by atoms with Gasteiger partial charge < -0.3 is 18.9 Å². The molecule has 5 heterocycles. The van der Waals surface area contributed by atoms with Crippen LogP contribution in [0.2, 0.25) is 0 Å². The van der Waals surface area contributed by atoms with Gasteiger partial charge in [-0.3, -0.25) is 0 Å². The first-order valence-electron chi connectivity index (χ1n) is 32.8. The zero-order valence-corrected chi connectivity index (χ0v) is 57.8. The minimum atomic E-state index is 0.659. The molecule has 0 unspecified atom stereocenters. The normalized spacial score (nSPS) is 15.0. The summed E-state index contributed by atoms with van der Waals surface area (Å²) >= 11 is 14.3. The third kappa shape index (κ3) is 20.3. The fraction of sp³-hybridized carbons (Fsp3) is 0.421. The summed E-state index contributed by atoms with van der Waals surface area (Å²) in [7, 11) is 0. The van der Waals surface area contributed by atoms with Crippen molar-refractivity contribution in [3.8, 4) is 23.0 Å². The van der Waals surface area contributed by atoms with E-state index in [1.807, 2.05) is 0 Å². The van der Waals surface area contributed by atoms with E-state index in [1.54, 1.807) is 0 Å². The average molecular weight is 1440 g/mol. The maximum atomic E-state index is 6.52. The molecule has 9 rings (SSSR count). The number of halogens is 4. The molecule has 88 heavy (non-hydrogen) atoms. The Kier molecular flexibility index (Phi) is 28.7. The highest BCUT2D eigenvalue weighted by atomic mass is 79.9. The number of aliphatic imine (C=N–C) groups is 4. The van der Waals surface area contributed by atoms with Crippen molar-refractivity contribution in [1.82, 2.24) is 0 Å². The van der Waals surface area contributed by atoms with Crippen molar-refractivity contribution in [1.29, 1.82) is 0 Å². The molecule has 4 aromatic rings. The zero-order chi connectivity index (χ0) is 60.8. The lowest BCUT2D eigenvalue weighted by atomic mass is 9.98. The third-order valence-electron chi connectivity index (χ3n) is 16.3. The number of hydrogen-bond acceptors (Lipinski definition) is 8. The van der Waals surface area contributed by atoms with Crippen LogP contribution in [-0.2, 0) is 0 Å². The van der Waals surface area contributed by atoms with Gasteiger partial charge in [0, 0.05) is 43.6 Å². The summed E-state index contributed by atoms with van der Waals surface area (Å²) in [5.74, 6) is 3.30. The summed E-state index contributed by atoms with van der Waals surface area (Å²) < 4.78 is 26.1. The predicted molar refractivity (Wildman–Crippen MR) is 388 cm³/mol. The lowest BCUT2D eigenvalue weighted by Crippen LogP contribution is -2.05. The molecule has 5 aliphatic heterocycles. The summed E-state index contributed by atoms with van der Waals surface area (Å²) in [6.45, 7) is 2.64. The Morgan fingerprint density at radius 2 is 0.443 bits per heavy atom. The minimum absolute atomic E-state index is 0.659. The summed E-state index contributed by atoms with van der Waals surface area (Å²) in [6.07, 6.45) is 45.6. The number of hydrogen-bond donors (Lipinski definition) is 0. The van der Waals surface area contributed by atoms with E-state index in [2.05, 4.69) is 209 Å². The van der Waals surface area contributed by atoms with Gasteiger partial charge in [-0.05, 0) is 171 Å². The molecule has 0 fully saturated rings. The SMILES string of the molecule is BrCCCCCCCCOc1cccc(C2=C3C=CC(=N3)C(c3cccc(OCCCCCCCCBr)c3)=C3C=CC(=N3)C(c3cccc(OCCCCCCCCBr)c3)=C3C=CC(=N3)C(c3cccc(OCCCCCCCCBr)c3)=C3C=CC2=N3)c1. The molecule has 0 aliphatic carbocycles. The van der Waals surface area contributed by atoms with Crippen LogP contribution in [0.3, 0.4) is 0 Å². The van der Waals surface area contributed by atoms with E-state index >= 15 is 0 Å². The topological polar surface area (TPSA) is 86.4 Å². The Hall–Kier alpha value is -5.40. The van der Waals surface area contributed by atoms with Gasteiger partial charge in [0.15, 0.2) is 0 Å². The molecule has 0 spiro atoms. The van der Waals surface area contributed by atoms with Crippen molar-refractivity contribution in [3.63, 3.8) is 0 Å². The number of alkyl halides is 4. The lowest BCUT2D eigenvalue weighted by Gasteiger charge is -2.14. The molecule has 0 aromatic heterocycles. The second-order valence-corrected chi connectivity index (χ2v) is 26.3. The number of allylic oxidation sites excluding steroid dienone is 12. The van der Waals surface area contributed by atoms with Crippen LogP contribution in [0.25, 0.3) is 22.3 Å². The Morgan fingerprint density at radius 1 is 0.239 bits per heavy atom. The highest BCUT2D eigenvalue weighted by Crippen LogP contribution is 2.40. The minimum Gasteiger partial charge on any atom is -0.494 e. The Bertz CT molecular complexity index is 2900. The van der Waals surface area contributed by atoms with E-state index in [1.165, 1.54) is 103 Å². The molecule has 5 aliphatic rings. The second kappa shape index (κ2) is 37.7. The van der Waals surface area contributed by atoms with E-state index < -0.39 is 0 Å². The van der Waals surface area contributed by atoms with Crippen LogP contribution >= 0.6 is 63.7 Å². The van der Waals surface area contributed by atoms with Gasteiger partial charge in [-0.15, -0.1) is 0 Å². The van der Waals surface area contributed by atoms with E-state index in [0.717, 1.165) is 186 Å². The van der Waals surface area contributed by atoms with Crippen molar-refractivity contribution < 1.29 is 18.9 Å². The van der Waals surface area contributed by atoms with Crippen LogP contribution in [0.15, 0.2) is 188 Å². The van der Waals surface area contributed by atoms with Crippen molar-refractivity contribution in [3.05, 3.63) is 191 Å². The van der Waals surface area contributed by atoms with Crippen LogP contribution in [0.1, 0.15) is 176 Å². The summed E-state index contributed by atoms with van der Waals surface area (Å²) in [6, 6.07) is 33.8. The maximum absolute atomic E-state index is 6.52. The lowest BCUT2D eigenvalue weighted by molar-refractivity contribution is 0.304. The van der Waals surface area contributed by atoms with Gasteiger partial charge in [0.25, 0.3) is 0 Å². The summed E-state index contributed by atoms with van der Waals surface area (Å²) in [4.78, 5) is 22.5. The predicted octanol–water partition coefficient (Wildman–Crippen LogP) is 22.1. The molecular weight excluding hydrogens is 1350 g/mol. The van der Waals surface area contributed by atoms with Gasteiger partial charge >= 0.3 is 0 Å². The van der Waals surface area contributed by atoms with Crippen LogP contribution in [-0.4, -0.2) is 70.6 Å². The standard InChI is InChI=1S/C76H88Br4N4O4/c77-45-17-9-1-5-13-21-49-85-61-33-25-29-57(53-61)73-65-37-39-67(81-65)74(58-30-26-34-62(54-58)86-50-22-14-6-2-10-18-46-78)69-41-43-71(83-69)76(60-32-28-36-64(56-60)88-52-24-16-8-4-12-20-48-80)72-44-42-70(84-72)75(68-40-38-66(73)82-68)59-31-27-35-63(55-59)87-51-23-15-7-3-11-19-47-79/h25-44,53-56H,1-24,45-52H2. The van der Waals surface area contributed by atoms with Crippen molar-refractivity contribution in [2.45, 2.75) is 154 Å². The molecule has 0 radical (unpaired) electrons. The molecule has 0 saturated heterocycles. The van der Waals surface area contributed by atoms with Gasteiger partial charge in [0.05, 0.1) is 72.1 Å². The number of fused-ring (bicyclic) bond motifs is 4. The Morgan fingerprint density at radius 3 is 0.659 bits per heavy atom. The smallest absolute Gasteiger partial charge is 0.119 e. The fourth-order valence-corrected chi connectivity index (χ4v) is 13.2. The molecule has 0 N–H and O–H groups in total. The Balaban J connectivity index is 1.14. The first-order chi connectivity index (χ1) is 43.5. The largest absolute Gasteiger partial charge is 0.494 e. The first kappa shape index (κ1) is 67.0. The van der Waals surface area contributed by atoms with E-state index in [0.29, 0.717) is 26.4 Å². The van der Waals surface area contributed by atoms with E-state index in [4.69, 9.17) is 38.9 Å². The van der Waals surface area contributed by atoms with E-state index in [-0.39, 0.29) is 0 Å². The van der Waals surface area contributed by atoms with Crippen molar-refractivity contribution in [2.75, 3.05) is 47.7 Å². The van der Waals surface area contributed by atoms with Gasteiger partial charge in [0.2, 0.25) is 0 Å². The van der Waals surface area contributed by atoms with Crippen LogP contribution < -0.4 is 18.9 Å².